The van der Waals surface area contributed by atoms with E-state index in [2.05, 4.69) is 16.8 Å². The standard InChI is InChI=1S/C6H6N2O/c1-5(9)6-3-2-4-7-8-6/h2-4,9H,1H2/p-1. The molecule has 0 aliphatic heterocycles. The van der Waals surface area contributed by atoms with Crippen LogP contribution in [0.25, 0.3) is 5.76 Å². The third-order valence-electron chi connectivity index (χ3n) is 0.858. The summed E-state index contributed by atoms with van der Waals surface area (Å²) in [5.74, 6) is -0.303. The zero-order chi connectivity index (χ0) is 6.69. The summed E-state index contributed by atoms with van der Waals surface area (Å²) < 4.78 is 0. The van der Waals surface area contributed by atoms with Crippen LogP contribution < -0.4 is 5.11 Å². The highest BCUT2D eigenvalue weighted by molar-refractivity contribution is 5.48. The molecular formula is C6H5N2O-. The summed E-state index contributed by atoms with van der Waals surface area (Å²) in [6.07, 6.45) is 1.51. The van der Waals surface area contributed by atoms with E-state index in [4.69, 9.17) is 0 Å². The summed E-state index contributed by atoms with van der Waals surface area (Å²) in [7, 11) is 0. The van der Waals surface area contributed by atoms with Crippen molar-refractivity contribution in [3.63, 3.8) is 0 Å². The molecule has 1 aromatic rings. The van der Waals surface area contributed by atoms with Crippen molar-refractivity contribution in [1.29, 1.82) is 0 Å². The molecule has 0 saturated heterocycles. The average molecular weight is 121 g/mol. The van der Waals surface area contributed by atoms with Gasteiger partial charge in [-0.25, -0.2) is 0 Å². The predicted molar refractivity (Wildman–Crippen MR) is 31.1 cm³/mol. The Balaban J connectivity index is 2.98. The van der Waals surface area contributed by atoms with Crippen molar-refractivity contribution in [3.05, 3.63) is 30.6 Å². The van der Waals surface area contributed by atoms with Crippen molar-refractivity contribution in [2.75, 3.05) is 0 Å². The van der Waals surface area contributed by atoms with E-state index in [1.807, 2.05) is 0 Å². The predicted octanol–water partition coefficient (Wildman–Crippen LogP) is -0.192. The van der Waals surface area contributed by atoms with Crippen LogP contribution in [0.5, 0.6) is 0 Å². The van der Waals surface area contributed by atoms with E-state index in [1.54, 1.807) is 12.1 Å². The molecule has 46 valence electrons. The molecule has 0 atom stereocenters. The Bertz CT molecular complexity index is 208. The van der Waals surface area contributed by atoms with Crippen LogP contribution in [0.4, 0.5) is 0 Å². The van der Waals surface area contributed by atoms with Crippen LogP contribution in [0, 0.1) is 0 Å². The second-order valence-electron chi connectivity index (χ2n) is 1.53. The molecule has 3 heteroatoms. The van der Waals surface area contributed by atoms with Gasteiger partial charge in [-0.2, -0.15) is 10.2 Å². The number of aromatic nitrogens is 2. The summed E-state index contributed by atoms with van der Waals surface area (Å²) in [6, 6.07) is 3.22. The van der Waals surface area contributed by atoms with Gasteiger partial charge in [0.2, 0.25) is 0 Å². The van der Waals surface area contributed by atoms with E-state index in [0.717, 1.165) is 0 Å². The average Bonchev–Trinajstić information content (AvgIpc) is 1.90. The van der Waals surface area contributed by atoms with Gasteiger partial charge in [-0.3, -0.25) is 0 Å². The van der Waals surface area contributed by atoms with Gasteiger partial charge in [0.1, 0.15) is 0 Å². The van der Waals surface area contributed by atoms with Crippen LogP contribution in [-0.2, 0) is 0 Å². The van der Waals surface area contributed by atoms with Crippen molar-refractivity contribution in [3.8, 4) is 0 Å². The van der Waals surface area contributed by atoms with Crippen molar-refractivity contribution in [2.45, 2.75) is 0 Å². The van der Waals surface area contributed by atoms with Crippen molar-refractivity contribution in [1.82, 2.24) is 10.2 Å². The summed E-state index contributed by atoms with van der Waals surface area (Å²) in [5, 5.41) is 17.4. The lowest BCUT2D eigenvalue weighted by molar-refractivity contribution is -0.243. The van der Waals surface area contributed by atoms with E-state index >= 15 is 0 Å². The highest BCUT2D eigenvalue weighted by atomic mass is 16.3. The highest BCUT2D eigenvalue weighted by Gasteiger charge is 1.84. The summed E-state index contributed by atoms with van der Waals surface area (Å²) in [4.78, 5) is 0. The number of hydrogen-bond acceptors (Lipinski definition) is 3. The molecule has 0 saturated carbocycles. The van der Waals surface area contributed by atoms with Gasteiger partial charge in [-0.05, 0) is 12.1 Å². The molecule has 0 aromatic carbocycles. The van der Waals surface area contributed by atoms with Crippen LogP contribution in [0.2, 0.25) is 0 Å². The zero-order valence-corrected chi connectivity index (χ0v) is 4.74. The maximum Gasteiger partial charge on any atom is 0.0773 e. The Morgan fingerprint density at radius 3 is 2.78 bits per heavy atom. The molecule has 1 aromatic heterocycles. The first kappa shape index (κ1) is 5.75. The minimum absolute atomic E-state index is 0.303. The van der Waals surface area contributed by atoms with Crippen molar-refractivity contribution < 1.29 is 5.11 Å². The smallest absolute Gasteiger partial charge is 0.0773 e. The first-order valence-corrected chi connectivity index (χ1v) is 2.44. The van der Waals surface area contributed by atoms with Gasteiger partial charge in [0.25, 0.3) is 0 Å². The fraction of sp³-hybridized carbons (Fsp3) is 0. The van der Waals surface area contributed by atoms with E-state index < -0.39 is 0 Å². The van der Waals surface area contributed by atoms with Gasteiger partial charge >= 0.3 is 0 Å². The van der Waals surface area contributed by atoms with E-state index in [9.17, 15) is 5.11 Å². The van der Waals surface area contributed by atoms with E-state index in [-0.39, 0.29) is 5.76 Å². The monoisotopic (exact) mass is 121 g/mol. The zero-order valence-electron chi connectivity index (χ0n) is 4.74. The molecule has 0 bridgehead atoms. The van der Waals surface area contributed by atoms with Gasteiger partial charge in [0, 0.05) is 6.20 Å². The summed E-state index contributed by atoms with van der Waals surface area (Å²) >= 11 is 0. The topological polar surface area (TPSA) is 48.8 Å². The molecule has 0 aliphatic carbocycles. The third-order valence-corrected chi connectivity index (χ3v) is 0.858. The van der Waals surface area contributed by atoms with E-state index in [0.29, 0.717) is 5.69 Å². The third kappa shape index (κ3) is 1.25. The fourth-order valence-corrected chi connectivity index (χ4v) is 0.450. The molecule has 3 nitrogen and oxygen atoms in total. The number of nitrogens with zero attached hydrogens (tertiary/aromatic N) is 2. The molecular weight excluding hydrogens is 116 g/mol. The second kappa shape index (κ2) is 2.26. The summed E-state index contributed by atoms with van der Waals surface area (Å²) in [5.41, 5.74) is 0.303. The Hall–Kier alpha value is -1.38. The second-order valence-corrected chi connectivity index (χ2v) is 1.53. The number of rotatable bonds is 1. The Kier molecular flexibility index (Phi) is 1.44. The minimum Gasteiger partial charge on any atom is -0.871 e. The summed E-state index contributed by atoms with van der Waals surface area (Å²) in [6.45, 7) is 3.17. The molecule has 0 N–H and O–H groups in total. The highest BCUT2D eigenvalue weighted by Crippen LogP contribution is 1.96. The Morgan fingerprint density at radius 2 is 2.44 bits per heavy atom. The molecule has 0 radical (unpaired) electrons. The lowest BCUT2D eigenvalue weighted by atomic mass is 10.3. The fourth-order valence-electron chi connectivity index (χ4n) is 0.450. The lowest BCUT2D eigenvalue weighted by Gasteiger charge is -2.04. The van der Waals surface area contributed by atoms with Crippen LogP contribution in [0.1, 0.15) is 5.69 Å². The minimum atomic E-state index is -0.303. The SMILES string of the molecule is C=C([O-])c1cccnn1. The van der Waals surface area contributed by atoms with Crippen LogP contribution in [0.15, 0.2) is 24.9 Å². The maximum absolute atomic E-state index is 10.4. The quantitative estimate of drug-likeness (QED) is 0.484. The van der Waals surface area contributed by atoms with Gasteiger partial charge in [0.15, 0.2) is 0 Å². The first-order chi connectivity index (χ1) is 4.30. The molecule has 9 heavy (non-hydrogen) atoms. The van der Waals surface area contributed by atoms with Gasteiger partial charge < -0.3 is 5.11 Å². The van der Waals surface area contributed by atoms with Gasteiger partial charge in [-0.15, -0.1) is 6.58 Å². The van der Waals surface area contributed by atoms with E-state index in [1.165, 1.54) is 6.20 Å². The molecule has 0 amide bonds. The first-order valence-electron chi connectivity index (χ1n) is 2.44. The normalized spacial score (nSPS) is 8.89. The Labute approximate surface area is 52.7 Å². The molecule has 0 spiro atoms. The van der Waals surface area contributed by atoms with Crippen LogP contribution in [0.3, 0.4) is 0 Å². The van der Waals surface area contributed by atoms with Crippen LogP contribution >= 0.6 is 0 Å². The molecule has 0 fully saturated rings. The molecule has 0 unspecified atom stereocenters. The molecule has 1 heterocycles. The Morgan fingerprint density at radius 1 is 1.67 bits per heavy atom. The lowest BCUT2D eigenvalue weighted by Crippen LogP contribution is -2.02. The molecule has 0 aliphatic rings. The van der Waals surface area contributed by atoms with Crippen LogP contribution in [-0.4, -0.2) is 10.2 Å². The van der Waals surface area contributed by atoms with Gasteiger partial charge in [0.05, 0.1) is 5.69 Å². The maximum atomic E-state index is 10.4. The van der Waals surface area contributed by atoms with Crippen molar-refractivity contribution in [2.24, 2.45) is 0 Å². The van der Waals surface area contributed by atoms with Gasteiger partial charge in [-0.1, -0.05) is 5.76 Å². The molecule has 1 rings (SSSR count). The largest absolute Gasteiger partial charge is 0.871 e. The number of hydrogen-bond donors (Lipinski definition) is 0. The van der Waals surface area contributed by atoms with Crippen molar-refractivity contribution >= 4 is 5.76 Å².